The van der Waals surface area contributed by atoms with Gasteiger partial charge in [0.05, 0.1) is 10.9 Å². The summed E-state index contributed by atoms with van der Waals surface area (Å²) in [7, 11) is 0. The Morgan fingerprint density at radius 1 is 1.38 bits per heavy atom. The van der Waals surface area contributed by atoms with E-state index in [9.17, 15) is 9.59 Å². The first kappa shape index (κ1) is 15.3. The number of likely N-dealkylation sites (tertiary alicyclic amines) is 1. The van der Waals surface area contributed by atoms with Gasteiger partial charge in [0.1, 0.15) is 5.52 Å². The minimum Gasteiger partial charge on any atom is -0.349 e. The fourth-order valence-corrected chi connectivity index (χ4v) is 3.92. The number of aromatic nitrogens is 3. The second kappa shape index (κ2) is 5.66. The number of carbonyl (C=O) groups is 1. The molecular formula is C17H21N5O2. The molecule has 2 aromatic rings. The van der Waals surface area contributed by atoms with E-state index in [1.54, 1.807) is 19.1 Å². The predicted molar refractivity (Wildman–Crippen MR) is 89.5 cm³/mol. The first-order chi connectivity index (χ1) is 11.6. The van der Waals surface area contributed by atoms with E-state index in [1.807, 2.05) is 12.1 Å². The second-order valence-electron chi connectivity index (χ2n) is 6.96. The molecule has 24 heavy (non-hydrogen) atoms. The molecule has 7 nitrogen and oxygen atoms in total. The number of benzene rings is 1. The molecule has 2 aliphatic rings. The van der Waals surface area contributed by atoms with Crippen LogP contribution in [0, 0.1) is 5.92 Å². The molecule has 126 valence electrons. The summed E-state index contributed by atoms with van der Waals surface area (Å²) in [6, 6.07) is 7.28. The van der Waals surface area contributed by atoms with Crippen LogP contribution < -0.4 is 10.9 Å². The van der Waals surface area contributed by atoms with Gasteiger partial charge >= 0.3 is 0 Å². The number of amides is 1. The number of hydrogen-bond donors (Lipinski definition) is 1. The van der Waals surface area contributed by atoms with Crippen LogP contribution in [0.4, 0.5) is 0 Å². The van der Waals surface area contributed by atoms with E-state index >= 15 is 0 Å². The summed E-state index contributed by atoms with van der Waals surface area (Å²) in [6.45, 7) is 4.98. The molecule has 0 spiro atoms. The molecule has 0 radical (unpaired) electrons. The van der Waals surface area contributed by atoms with Crippen LogP contribution in [0.25, 0.3) is 10.9 Å². The molecule has 2 heterocycles. The largest absolute Gasteiger partial charge is 0.349 e. The monoisotopic (exact) mass is 327 g/mol. The normalized spacial score (nSPS) is 25.6. The topological polar surface area (TPSA) is 80.1 Å². The van der Waals surface area contributed by atoms with Crippen molar-refractivity contribution >= 4 is 16.8 Å². The zero-order valence-corrected chi connectivity index (χ0v) is 13.7. The summed E-state index contributed by atoms with van der Waals surface area (Å²) in [6.07, 6.45) is 1.94. The van der Waals surface area contributed by atoms with Gasteiger partial charge in [-0.3, -0.25) is 9.59 Å². The number of rotatable bonds is 5. The van der Waals surface area contributed by atoms with Gasteiger partial charge in [-0.05, 0) is 30.9 Å². The molecule has 1 aromatic heterocycles. The van der Waals surface area contributed by atoms with E-state index in [1.165, 1.54) is 4.68 Å². The van der Waals surface area contributed by atoms with E-state index in [-0.39, 0.29) is 17.0 Å². The van der Waals surface area contributed by atoms with Crippen molar-refractivity contribution in [1.29, 1.82) is 0 Å². The Labute approximate surface area is 139 Å². The van der Waals surface area contributed by atoms with Gasteiger partial charge in [-0.2, -0.15) is 0 Å². The molecule has 1 saturated heterocycles. The van der Waals surface area contributed by atoms with Gasteiger partial charge in [-0.25, -0.2) is 4.68 Å². The van der Waals surface area contributed by atoms with Crippen molar-refractivity contribution in [3.8, 4) is 0 Å². The maximum absolute atomic E-state index is 12.4. The van der Waals surface area contributed by atoms with Crippen molar-refractivity contribution in [1.82, 2.24) is 25.2 Å². The molecule has 2 atom stereocenters. The molecule has 1 saturated carbocycles. The van der Waals surface area contributed by atoms with E-state index in [0.29, 0.717) is 23.4 Å². The third-order valence-electron chi connectivity index (χ3n) is 5.11. The van der Waals surface area contributed by atoms with Crippen molar-refractivity contribution in [3.05, 3.63) is 34.6 Å². The highest BCUT2D eigenvalue weighted by Gasteiger charge is 2.60. The van der Waals surface area contributed by atoms with E-state index in [0.717, 1.165) is 32.5 Å². The first-order valence-corrected chi connectivity index (χ1v) is 8.41. The van der Waals surface area contributed by atoms with Crippen molar-refractivity contribution in [2.24, 2.45) is 5.92 Å². The lowest BCUT2D eigenvalue weighted by atomic mass is 10.2. The number of carbonyl (C=O) groups excluding carboxylic acids is 1. The van der Waals surface area contributed by atoms with Crippen molar-refractivity contribution < 1.29 is 4.79 Å². The summed E-state index contributed by atoms with van der Waals surface area (Å²) in [5.74, 6) is 0.641. The van der Waals surface area contributed by atoms with Gasteiger partial charge in [0, 0.05) is 33.1 Å². The number of piperidine rings is 1. The van der Waals surface area contributed by atoms with Crippen LogP contribution in [0.2, 0.25) is 0 Å². The lowest BCUT2D eigenvalue weighted by Gasteiger charge is -2.21. The molecule has 1 amide bonds. The highest BCUT2D eigenvalue weighted by atomic mass is 16.1. The standard InChI is InChI=1S/C17H21N5O2/c1-12(23)18-17-9-13(17)10-21(11-17)7-4-8-22-16(24)14-5-2-3-6-15(14)19-20-22/h2-3,5-6,13H,4,7-11H2,1H3,(H,18,23). The Kier molecular flexibility index (Phi) is 3.60. The molecule has 0 bridgehead atoms. The first-order valence-electron chi connectivity index (χ1n) is 8.41. The average Bonchev–Trinajstić information content (AvgIpc) is 3.09. The van der Waals surface area contributed by atoms with Crippen molar-refractivity contribution in [2.45, 2.75) is 31.8 Å². The maximum atomic E-state index is 12.4. The quantitative estimate of drug-likeness (QED) is 0.859. The summed E-state index contributed by atoms with van der Waals surface area (Å²) in [5, 5.41) is 11.8. The zero-order chi connectivity index (χ0) is 16.7. The molecule has 2 fully saturated rings. The summed E-state index contributed by atoms with van der Waals surface area (Å²) in [4.78, 5) is 26.1. The third kappa shape index (κ3) is 2.69. The SMILES string of the molecule is CC(=O)NC12CC1CN(CCCn1nnc3ccccc3c1=O)C2. The Balaban J connectivity index is 1.35. The zero-order valence-electron chi connectivity index (χ0n) is 13.7. The van der Waals surface area contributed by atoms with E-state index in [4.69, 9.17) is 0 Å². The average molecular weight is 327 g/mol. The number of fused-ring (bicyclic) bond motifs is 2. The highest BCUT2D eigenvalue weighted by molar-refractivity contribution is 5.76. The Hall–Kier alpha value is -2.28. The molecular weight excluding hydrogens is 306 g/mol. The molecule has 4 rings (SSSR count). The van der Waals surface area contributed by atoms with Gasteiger partial charge in [-0.1, -0.05) is 17.3 Å². The second-order valence-corrected chi connectivity index (χ2v) is 6.96. The van der Waals surface area contributed by atoms with Crippen LogP contribution in [0.3, 0.4) is 0 Å². The van der Waals surface area contributed by atoms with Gasteiger partial charge in [0.2, 0.25) is 5.91 Å². The predicted octanol–water partition coefficient (Wildman–Crippen LogP) is 0.392. The summed E-state index contributed by atoms with van der Waals surface area (Å²) < 4.78 is 1.45. The smallest absolute Gasteiger partial charge is 0.277 e. The minimum absolute atomic E-state index is 0.0193. The maximum Gasteiger partial charge on any atom is 0.277 e. The van der Waals surface area contributed by atoms with Crippen LogP contribution >= 0.6 is 0 Å². The molecule has 7 heteroatoms. The lowest BCUT2D eigenvalue weighted by Crippen LogP contribution is -2.41. The fourth-order valence-electron chi connectivity index (χ4n) is 3.92. The van der Waals surface area contributed by atoms with E-state index in [2.05, 4.69) is 20.5 Å². The van der Waals surface area contributed by atoms with Crippen molar-refractivity contribution in [2.75, 3.05) is 19.6 Å². The number of nitrogens with zero attached hydrogens (tertiary/aromatic N) is 4. The van der Waals surface area contributed by atoms with Crippen LogP contribution in [-0.2, 0) is 11.3 Å². The van der Waals surface area contributed by atoms with Crippen LogP contribution in [-0.4, -0.2) is 51.0 Å². The summed E-state index contributed by atoms with van der Waals surface area (Å²) >= 11 is 0. The lowest BCUT2D eigenvalue weighted by molar-refractivity contribution is -0.119. The number of nitrogens with one attached hydrogen (secondary N) is 1. The van der Waals surface area contributed by atoms with Crippen LogP contribution in [0.1, 0.15) is 19.8 Å². The van der Waals surface area contributed by atoms with Gasteiger partial charge in [-0.15, -0.1) is 5.10 Å². The van der Waals surface area contributed by atoms with Crippen LogP contribution in [0.5, 0.6) is 0 Å². The number of aryl methyl sites for hydroxylation is 1. The Morgan fingerprint density at radius 3 is 3.04 bits per heavy atom. The van der Waals surface area contributed by atoms with Gasteiger partial charge in [0.15, 0.2) is 0 Å². The molecule has 1 aliphatic carbocycles. The van der Waals surface area contributed by atoms with Gasteiger partial charge < -0.3 is 10.2 Å². The fraction of sp³-hybridized carbons (Fsp3) is 0.529. The Morgan fingerprint density at radius 2 is 2.21 bits per heavy atom. The summed E-state index contributed by atoms with van der Waals surface area (Å²) in [5.41, 5.74) is 0.570. The van der Waals surface area contributed by atoms with Gasteiger partial charge in [0.25, 0.3) is 5.56 Å². The number of hydrogen-bond acceptors (Lipinski definition) is 5. The Bertz CT molecular complexity index is 848. The third-order valence-corrected chi connectivity index (χ3v) is 5.11. The highest BCUT2D eigenvalue weighted by Crippen LogP contribution is 2.49. The van der Waals surface area contributed by atoms with Crippen molar-refractivity contribution in [3.63, 3.8) is 0 Å². The van der Waals surface area contributed by atoms with Crippen LogP contribution in [0.15, 0.2) is 29.1 Å². The molecule has 1 aliphatic heterocycles. The minimum atomic E-state index is -0.0837. The molecule has 2 unspecified atom stereocenters. The van der Waals surface area contributed by atoms with E-state index < -0.39 is 0 Å². The molecule has 1 N–H and O–H groups in total. The molecule has 1 aromatic carbocycles.